The molecule has 4 heteroatoms. The number of nitrogens with zero attached hydrogens (tertiary/aromatic N) is 1. The van der Waals surface area contributed by atoms with Crippen molar-refractivity contribution in [1.29, 1.82) is 0 Å². The van der Waals surface area contributed by atoms with Gasteiger partial charge in [0, 0.05) is 19.5 Å². The number of nitrogens with two attached hydrogens (primary N) is 1. The maximum absolute atomic E-state index is 10.9. The van der Waals surface area contributed by atoms with Crippen LogP contribution in [0.1, 0.15) is 33.1 Å². The highest BCUT2D eigenvalue weighted by Crippen LogP contribution is 2.20. The maximum atomic E-state index is 10.9. The van der Waals surface area contributed by atoms with Crippen LogP contribution in [0.5, 0.6) is 0 Å². The second-order valence-corrected chi connectivity index (χ2v) is 4.88. The van der Waals surface area contributed by atoms with E-state index < -0.39 is 0 Å². The van der Waals surface area contributed by atoms with E-state index in [1.54, 1.807) is 0 Å². The van der Waals surface area contributed by atoms with Crippen LogP contribution in [0.15, 0.2) is 0 Å². The van der Waals surface area contributed by atoms with Crippen molar-refractivity contribution in [2.45, 2.75) is 33.1 Å². The number of carbonyl (C=O) groups excluding carboxylic acids is 1. The molecule has 0 unspecified atom stereocenters. The largest absolute Gasteiger partial charge is 0.303 e. The summed E-state index contributed by atoms with van der Waals surface area (Å²) in [5.74, 6) is 6.54. The first-order valence-corrected chi connectivity index (χ1v) is 5.83. The monoisotopic (exact) mass is 213 g/mol. The minimum atomic E-state index is -0.0619. The second-order valence-electron chi connectivity index (χ2n) is 4.88. The first-order chi connectivity index (χ1) is 7.11. The van der Waals surface area contributed by atoms with E-state index in [-0.39, 0.29) is 5.91 Å². The third kappa shape index (κ3) is 4.62. The molecule has 88 valence electrons. The molecule has 1 aliphatic heterocycles. The van der Waals surface area contributed by atoms with Crippen molar-refractivity contribution < 1.29 is 4.79 Å². The molecule has 3 N–H and O–H groups in total. The van der Waals surface area contributed by atoms with Crippen LogP contribution < -0.4 is 11.3 Å². The van der Waals surface area contributed by atoms with Gasteiger partial charge in [-0.2, -0.15) is 0 Å². The molecule has 0 aromatic carbocycles. The zero-order valence-electron chi connectivity index (χ0n) is 9.83. The summed E-state index contributed by atoms with van der Waals surface area (Å²) in [5, 5.41) is 0. The van der Waals surface area contributed by atoms with Crippen LogP contribution in [0.4, 0.5) is 0 Å². The number of piperidine rings is 1. The summed E-state index contributed by atoms with van der Waals surface area (Å²) in [7, 11) is 0. The number of nitrogens with one attached hydrogen (secondary N) is 1. The molecule has 1 rings (SSSR count). The summed E-state index contributed by atoms with van der Waals surface area (Å²) in [5.41, 5.74) is 2.16. The normalized spacial score (nSPS) is 27.7. The molecule has 15 heavy (non-hydrogen) atoms. The van der Waals surface area contributed by atoms with Gasteiger partial charge >= 0.3 is 0 Å². The highest BCUT2D eigenvalue weighted by molar-refractivity contribution is 5.75. The Balaban J connectivity index is 2.17. The molecule has 1 amide bonds. The smallest absolute Gasteiger partial charge is 0.233 e. The third-order valence-electron chi connectivity index (χ3n) is 2.98. The van der Waals surface area contributed by atoms with Crippen LogP contribution in [-0.4, -0.2) is 30.4 Å². The quantitative estimate of drug-likeness (QED) is 0.411. The van der Waals surface area contributed by atoms with Gasteiger partial charge in [0.05, 0.1) is 0 Å². The SMILES string of the molecule is C[C@@H]1C[C@H](C)CN(CCCC(=O)NN)C1. The summed E-state index contributed by atoms with van der Waals surface area (Å²) >= 11 is 0. The molecular formula is C11H23N3O. The summed E-state index contributed by atoms with van der Waals surface area (Å²) in [6.45, 7) is 7.97. The number of hydrazine groups is 1. The number of hydrogen-bond donors (Lipinski definition) is 2. The Morgan fingerprint density at radius 3 is 2.53 bits per heavy atom. The van der Waals surface area contributed by atoms with Crippen LogP contribution in [0.2, 0.25) is 0 Å². The zero-order valence-corrected chi connectivity index (χ0v) is 9.83. The lowest BCUT2D eigenvalue weighted by atomic mass is 9.92. The lowest BCUT2D eigenvalue weighted by Crippen LogP contribution is -2.39. The highest BCUT2D eigenvalue weighted by Gasteiger charge is 2.21. The van der Waals surface area contributed by atoms with Crippen molar-refractivity contribution in [2.24, 2.45) is 17.7 Å². The maximum Gasteiger partial charge on any atom is 0.233 e. The Labute approximate surface area is 92.2 Å². The first kappa shape index (κ1) is 12.5. The lowest BCUT2D eigenvalue weighted by molar-refractivity contribution is -0.121. The minimum absolute atomic E-state index is 0.0619. The molecule has 4 nitrogen and oxygen atoms in total. The summed E-state index contributed by atoms with van der Waals surface area (Å²) in [6.07, 6.45) is 2.78. The van der Waals surface area contributed by atoms with E-state index in [0.29, 0.717) is 6.42 Å². The van der Waals surface area contributed by atoms with Gasteiger partial charge < -0.3 is 4.90 Å². The molecular weight excluding hydrogens is 190 g/mol. The zero-order chi connectivity index (χ0) is 11.3. The molecule has 0 aromatic heterocycles. The Bertz CT molecular complexity index is 198. The summed E-state index contributed by atoms with van der Waals surface area (Å²) < 4.78 is 0. The van der Waals surface area contributed by atoms with Gasteiger partial charge in [0.25, 0.3) is 0 Å². The number of amides is 1. The van der Waals surface area contributed by atoms with E-state index in [9.17, 15) is 4.79 Å². The summed E-state index contributed by atoms with van der Waals surface area (Å²) in [6, 6.07) is 0. The molecule has 0 spiro atoms. The molecule has 1 saturated heterocycles. The average Bonchev–Trinajstić information content (AvgIpc) is 2.16. The van der Waals surface area contributed by atoms with Crippen LogP contribution in [-0.2, 0) is 4.79 Å². The third-order valence-corrected chi connectivity index (χ3v) is 2.98. The fourth-order valence-corrected chi connectivity index (χ4v) is 2.51. The van der Waals surface area contributed by atoms with E-state index in [1.165, 1.54) is 19.5 Å². The van der Waals surface area contributed by atoms with Gasteiger partial charge in [0.2, 0.25) is 5.91 Å². The average molecular weight is 213 g/mol. The van der Waals surface area contributed by atoms with Gasteiger partial charge in [-0.25, -0.2) is 5.84 Å². The van der Waals surface area contributed by atoms with Gasteiger partial charge in [-0.1, -0.05) is 13.8 Å². The van der Waals surface area contributed by atoms with Crippen molar-refractivity contribution in [3.05, 3.63) is 0 Å². The number of hydrogen-bond acceptors (Lipinski definition) is 3. The van der Waals surface area contributed by atoms with E-state index in [0.717, 1.165) is 24.8 Å². The Morgan fingerprint density at radius 2 is 2.00 bits per heavy atom. The molecule has 0 bridgehead atoms. The molecule has 0 aliphatic carbocycles. The van der Waals surface area contributed by atoms with Crippen LogP contribution in [0, 0.1) is 11.8 Å². The minimum Gasteiger partial charge on any atom is -0.303 e. The van der Waals surface area contributed by atoms with Crippen LogP contribution >= 0.6 is 0 Å². The molecule has 1 fully saturated rings. The van der Waals surface area contributed by atoms with E-state index in [4.69, 9.17) is 5.84 Å². The standard InChI is InChI=1S/C11H23N3O/c1-9-6-10(2)8-14(7-9)5-3-4-11(15)13-12/h9-10H,3-8,12H2,1-2H3,(H,13,15)/t9-,10+. The topological polar surface area (TPSA) is 58.4 Å². The highest BCUT2D eigenvalue weighted by atomic mass is 16.2. The van der Waals surface area contributed by atoms with Gasteiger partial charge in [-0.15, -0.1) is 0 Å². The molecule has 2 atom stereocenters. The fraction of sp³-hybridized carbons (Fsp3) is 0.909. The van der Waals surface area contributed by atoms with Crippen molar-refractivity contribution in [3.63, 3.8) is 0 Å². The van der Waals surface area contributed by atoms with E-state index in [2.05, 4.69) is 24.2 Å². The Hall–Kier alpha value is -0.610. The molecule has 0 aromatic rings. The number of carbonyl (C=O) groups is 1. The number of likely N-dealkylation sites (tertiary alicyclic amines) is 1. The Morgan fingerprint density at radius 1 is 1.40 bits per heavy atom. The van der Waals surface area contributed by atoms with Crippen molar-refractivity contribution in [1.82, 2.24) is 10.3 Å². The van der Waals surface area contributed by atoms with Gasteiger partial charge in [-0.05, 0) is 31.2 Å². The van der Waals surface area contributed by atoms with Gasteiger partial charge in [0.1, 0.15) is 0 Å². The molecule has 1 aliphatic rings. The number of rotatable bonds is 4. The van der Waals surface area contributed by atoms with E-state index >= 15 is 0 Å². The van der Waals surface area contributed by atoms with Crippen molar-refractivity contribution >= 4 is 5.91 Å². The lowest BCUT2D eigenvalue weighted by Gasteiger charge is -2.34. The predicted octanol–water partition coefficient (Wildman–Crippen LogP) is 0.734. The fourth-order valence-electron chi connectivity index (χ4n) is 2.51. The predicted molar refractivity (Wildman–Crippen MR) is 60.9 cm³/mol. The van der Waals surface area contributed by atoms with Crippen LogP contribution in [0.25, 0.3) is 0 Å². The van der Waals surface area contributed by atoms with E-state index in [1.807, 2.05) is 0 Å². The first-order valence-electron chi connectivity index (χ1n) is 5.83. The molecule has 1 heterocycles. The Kier molecular flexibility index (Phi) is 5.05. The van der Waals surface area contributed by atoms with Gasteiger partial charge in [0.15, 0.2) is 0 Å². The summed E-state index contributed by atoms with van der Waals surface area (Å²) in [4.78, 5) is 13.4. The van der Waals surface area contributed by atoms with Crippen molar-refractivity contribution in [3.8, 4) is 0 Å². The van der Waals surface area contributed by atoms with Crippen LogP contribution in [0.3, 0.4) is 0 Å². The second kappa shape index (κ2) is 6.08. The molecule has 0 radical (unpaired) electrons. The van der Waals surface area contributed by atoms with Gasteiger partial charge in [-0.3, -0.25) is 10.2 Å². The van der Waals surface area contributed by atoms with Crippen molar-refractivity contribution in [2.75, 3.05) is 19.6 Å². The molecule has 0 saturated carbocycles.